The molecule has 3 aliphatic heterocycles. The van der Waals surface area contributed by atoms with E-state index in [1.807, 2.05) is 36.2 Å². The van der Waals surface area contributed by atoms with Gasteiger partial charge in [0.1, 0.15) is 0 Å². The normalized spacial score (nSPS) is 25.8. The van der Waals surface area contributed by atoms with Crippen LogP contribution >= 0.6 is 0 Å². The first-order valence-electron chi connectivity index (χ1n) is 9.97. The number of carbonyl (C=O) groups excluding carboxylic acids is 2. The summed E-state index contributed by atoms with van der Waals surface area (Å²) in [5, 5.41) is 0. The van der Waals surface area contributed by atoms with Crippen molar-refractivity contribution in [2.75, 3.05) is 49.6 Å². The second-order valence-electron chi connectivity index (χ2n) is 7.91. The molecule has 0 unspecified atom stereocenters. The summed E-state index contributed by atoms with van der Waals surface area (Å²) in [4.78, 5) is 32.8. The number of amides is 3. The highest BCUT2D eigenvalue weighted by Gasteiger charge is 2.44. The highest BCUT2D eigenvalue weighted by molar-refractivity contribution is 5.97. The first-order chi connectivity index (χ1) is 13.0. The van der Waals surface area contributed by atoms with Gasteiger partial charge in [-0.2, -0.15) is 0 Å². The predicted molar refractivity (Wildman–Crippen MR) is 106 cm³/mol. The highest BCUT2D eigenvalue weighted by atomic mass is 16.2. The monoisotopic (exact) mass is 371 g/mol. The molecule has 0 radical (unpaired) electrons. The number of benzene rings is 1. The second kappa shape index (κ2) is 7.48. The van der Waals surface area contributed by atoms with Crippen molar-refractivity contribution in [1.29, 1.82) is 0 Å². The number of hydrogen-bond donors (Lipinski definition) is 1. The van der Waals surface area contributed by atoms with Crippen LogP contribution in [0.2, 0.25) is 0 Å². The molecule has 3 aliphatic rings. The Balaban J connectivity index is 1.40. The number of piperidine rings is 1. The molecule has 1 aromatic carbocycles. The molecule has 0 bridgehead atoms. The number of hydrogen-bond acceptors (Lipinski definition) is 4. The summed E-state index contributed by atoms with van der Waals surface area (Å²) in [6.07, 6.45) is 4.50. The standard InChI is InChI=1S/C20H29N5O2/c1-22(19(26)14-23-10-3-2-4-11-23)15-5-7-16(8-6-15)25-13-18-17(21)9-12-24(18)20(25)27/h5-8,17-18H,2-4,9-14,21H2,1H3/t17-,18-/m1/s1. The molecule has 1 aromatic rings. The Morgan fingerprint density at radius 2 is 1.85 bits per heavy atom. The Bertz CT molecular complexity index is 701. The minimum atomic E-state index is 0.0372. The van der Waals surface area contributed by atoms with Crippen LogP contribution in [0.15, 0.2) is 24.3 Å². The van der Waals surface area contributed by atoms with Crippen LogP contribution in [0, 0.1) is 0 Å². The van der Waals surface area contributed by atoms with Gasteiger partial charge in [-0.15, -0.1) is 0 Å². The van der Waals surface area contributed by atoms with Gasteiger partial charge in [-0.1, -0.05) is 6.42 Å². The Morgan fingerprint density at radius 3 is 2.52 bits per heavy atom. The zero-order chi connectivity index (χ0) is 19.0. The summed E-state index contributed by atoms with van der Waals surface area (Å²) in [6.45, 7) is 3.87. The van der Waals surface area contributed by atoms with E-state index in [0.717, 1.165) is 37.4 Å². The zero-order valence-electron chi connectivity index (χ0n) is 16.0. The Morgan fingerprint density at radius 1 is 1.15 bits per heavy atom. The van der Waals surface area contributed by atoms with Gasteiger partial charge in [-0.25, -0.2) is 4.79 Å². The van der Waals surface area contributed by atoms with Crippen molar-refractivity contribution in [2.45, 2.75) is 37.8 Å². The summed E-state index contributed by atoms with van der Waals surface area (Å²) >= 11 is 0. The van der Waals surface area contributed by atoms with Crippen molar-refractivity contribution >= 4 is 23.3 Å². The average Bonchev–Trinajstić information content (AvgIpc) is 3.22. The predicted octanol–water partition coefficient (Wildman–Crippen LogP) is 1.48. The minimum Gasteiger partial charge on any atom is -0.326 e. The maximum Gasteiger partial charge on any atom is 0.324 e. The highest BCUT2D eigenvalue weighted by Crippen LogP contribution is 2.30. The van der Waals surface area contributed by atoms with Gasteiger partial charge in [0, 0.05) is 37.6 Å². The minimum absolute atomic E-state index is 0.0372. The summed E-state index contributed by atoms with van der Waals surface area (Å²) in [6, 6.07) is 7.90. The van der Waals surface area contributed by atoms with Crippen LogP contribution in [-0.4, -0.2) is 73.6 Å². The SMILES string of the molecule is CN(C(=O)CN1CCCCC1)c1ccc(N2C[C@@H]3[C@H](N)CCN3C2=O)cc1. The fourth-order valence-corrected chi connectivity index (χ4v) is 4.40. The Labute approximate surface area is 160 Å². The van der Waals surface area contributed by atoms with Crippen LogP contribution in [0.4, 0.5) is 16.2 Å². The fourth-order valence-electron chi connectivity index (χ4n) is 4.40. The van der Waals surface area contributed by atoms with Crippen molar-refractivity contribution in [1.82, 2.24) is 9.80 Å². The summed E-state index contributed by atoms with van der Waals surface area (Å²) in [5.74, 6) is 0.105. The lowest BCUT2D eigenvalue weighted by molar-refractivity contribution is -0.119. The maximum atomic E-state index is 12.6. The van der Waals surface area contributed by atoms with Gasteiger partial charge < -0.3 is 15.5 Å². The number of rotatable bonds is 4. The van der Waals surface area contributed by atoms with Gasteiger partial charge >= 0.3 is 6.03 Å². The largest absolute Gasteiger partial charge is 0.326 e. The molecule has 0 spiro atoms. The maximum absolute atomic E-state index is 12.6. The van der Waals surface area contributed by atoms with E-state index in [2.05, 4.69) is 4.90 Å². The molecular formula is C20H29N5O2. The topological polar surface area (TPSA) is 73.1 Å². The molecule has 2 atom stereocenters. The van der Waals surface area contributed by atoms with Gasteiger partial charge in [0.25, 0.3) is 0 Å². The summed E-state index contributed by atoms with van der Waals surface area (Å²) in [7, 11) is 1.82. The molecule has 7 heteroatoms. The van der Waals surface area contributed by atoms with E-state index in [9.17, 15) is 9.59 Å². The van der Waals surface area contributed by atoms with Crippen molar-refractivity contribution in [3.05, 3.63) is 24.3 Å². The van der Waals surface area contributed by atoms with E-state index in [1.165, 1.54) is 19.3 Å². The number of nitrogens with two attached hydrogens (primary N) is 1. The number of anilines is 2. The van der Waals surface area contributed by atoms with Crippen LogP contribution in [0.25, 0.3) is 0 Å². The molecular weight excluding hydrogens is 342 g/mol. The third kappa shape index (κ3) is 3.53. The van der Waals surface area contributed by atoms with E-state index < -0.39 is 0 Å². The second-order valence-corrected chi connectivity index (χ2v) is 7.91. The van der Waals surface area contributed by atoms with Crippen LogP contribution in [-0.2, 0) is 4.79 Å². The van der Waals surface area contributed by atoms with Gasteiger partial charge in [0.2, 0.25) is 5.91 Å². The molecule has 4 rings (SSSR count). The summed E-state index contributed by atoms with van der Waals surface area (Å²) < 4.78 is 0. The van der Waals surface area contributed by atoms with E-state index in [1.54, 1.807) is 9.80 Å². The van der Waals surface area contributed by atoms with Crippen LogP contribution in [0.5, 0.6) is 0 Å². The molecule has 3 saturated heterocycles. The van der Waals surface area contributed by atoms with Crippen LogP contribution in [0.3, 0.4) is 0 Å². The molecule has 3 amide bonds. The molecule has 27 heavy (non-hydrogen) atoms. The average molecular weight is 371 g/mol. The van der Waals surface area contributed by atoms with Gasteiger partial charge in [0.05, 0.1) is 12.6 Å². The van der Waals surface area contributed by atoms with Crippen LogP contribution in [0.1, 0.15) is 25.7 Å². The number of likely N-dealkylation sites (N-methyl/N-ethyl adjacent to an activating group) is 1. The lowest BCUT2D eigenvalue weighted by Gasteiger charge is -2.28. The quantitative estimate of drug-likeness (QED) is 0.870. The van der Waals surface area contributed by atoms with Crippen molar-refractivity contribution in [3.8, 4) is 0 Å². The third-order valence-corrected chi connectivity index (χ3v) is 6.17. The lowest BCUT2D eigenvalue weighted by atomic mass is 10.1. The van der Waals surface area contributed by atoms with Gasteiger partial charge in [-0.05, 0) is 56.6 Å². The van der Waals surface area contributed by atoms with E-state index in [0.29, 0.717) is 13.1 Å². The zero-order valence-corrected chi connectivity index (χ0v) is 16.0. The Hall–Kier alpha value is -2.12. The number of carbonyl (C=O) groups is 2. The van der Waals surface area contributed by atoms with E-state index >= 15 is 0 Å². The number of nitrogens with zero attached hydrogens (tertiary/aromatic N) is 4. The Kier molecular flexibility index (Phi) is 5.06. The van der Waals surface area contributed by atoms with Gasteiger partial charge in [-0.3, -0.25) is 14.6 Å². The smallest absolute Gasteiger partial charge is 0.324 e. The molecule has 2 N–H and O–H groups in total. The molecule has 0 saturated carbocycles. The van der Waals surface area contributed by atoms with Crippen molar-refractivity contribution < 1.29 is 9.59 Å². The first kappa shape index (κ1) is 18.3. The first-order valence-corrected chi connectivity index (χ1v) is 9.97. The van der Waals surface area contributed by atoms with E-state index in [-0.39, 0.29) is 24.0 Å². The molecule has 146 valence electrons. The number of likely N-dealkylation sites (tertiary alicyclic amines) is 1. The molecule has 7 nitrogen and oxygen atoms in total. The fraction of sp³-hybridized carbons (Fsp3) is 0.600. The van der Waals surface area contributed by atoms with Crippen molar-refractivity contribution in [3.63, 3.8) is 0 Å². The van der Waals surface area contributed by atoms with Gasteiger partial charge in [0.15, 0.2) is 0 Å². The lowest BCUT2D eigenvalue weighted by Crippen LogP contribution is -2.40. The molecule has 3 fully saturated rings. The molecule has 0 aliphatic carbocycles. The van der Waals surface area contributed by atoms with Crippen LogP contribution < -0.4 is 15.5 Å². The molecule has 3 heterocycles. The number of fused-ring (bicyclic) bond motifs is 1. The van der Waals surface area contributed by atoms with Crippen molar-refractivity contribution in [2.24, 2.45) is 5.73 Å². The summed E-state index contributed by atoms with van der Waals surface area (Å²) in [5.41, 5.74) is 7.84. The molecule has 0 aromatic heterocycles. The van der Waals surface area contributed by atoms with E-state index in [4.69, 9.17) is 5.73 Å². The third-order valence-electron chi connectivity index (χ3n) is 6.17. The number of urea groups is 1.